The Morgan fingerprint density at radius 2 is 1.75 bits per heavy atom. The average Bonchev–Trinajstić information content (AvgIpc) is 2.14. The molecule has 0 amide bonds. The van der Waals surface area contributed by atoms with Crippen molar-refractivity contribution >= 4 is 0 Å². The highest BCUT2D eigenvalue weighted by Gasteiger charge is 2.28. The zero-order valence-corrected chi connectivity index (χ0v) is 7.32. The topological polar surface area (TPSA) is 72.7 Å². The summed E-state index contributed by atoms with van der Waals surface area (Å²) in [7, 11) is 0. The monoisotopic (exact) mass is 175 g/mol. The average molecular weight is 175 g/mol. The van der Waals surface area contributed by atoms with Crippen LogP contribution in [0.3, 0.4) is 0 Å². The van der Waals surface area contributed by atoms with E-state index in [1.54, 1.807) is 6.08 Å². The maximum Gasteiger partial charge on any atom is 0.0886 e. The van der Waals surface area contributed by atoms with E-state index in [-0.39, 0.29) is 25.9 Å². The maximum atomic E-state index is 8.90. The van der Waals surface area contributed by atoms with Crippen LogP contribution in [-0.2, 0) is 0 Å². The third kappa shape index (κ3) is 2.91. The number of hydrogen-bond acceptors (Lipinski definition) is 4. The van der Waals surface area contributed by atoms with E-state index in [2.05, 4.69) is 11.9 Å². The van der Waals surface area contributed by atoms with Gasteiger partial charge in [0.1, 0.15) is 0 Å². The minimum atomic E-state index is -1.01. The molecule has 0 bridgehead atoms. The van der Waals surface area contributed by atoms with E-state index in [4.69, 9.17) is 15.3 Å². The van der Waals surface area contributed by atoms with Crippen molar-refractivity contribution in [2.75, 3.05) is 19.8 Å². The Morgan fingerprint density at radius 3 is 2.00 bits per heavy atom. The van der Waals surface area contributed by atoms with Crippen molar-refractivity contribution in [3.05, 3.63) is 12.7 Å². The summed E-state index contributed by atoms with van der Waals surface area (Å²) in [6.07, 6.45) is 1.63. The van der Waals surface area contributed by atoms with Crippen LogP contribution in [0.2, 0.25) is 0 Å². The summed E-state index contributed by atoms with van der Waals surface area (Å²) < 4.78 is 0. The second kappa shape index (κ2) is 5.27. The number of nitrogens with one attached hydrogen (secondary N) is 1. The van der Waals surface area contributed by atoms with E-state index in [0.717, 1.165) is 0 Å². The molecule has 0 saturated heterocycles. The van der Waals surface area contributed by atoms with Gasteiger partial charge < -0.3 is 15.3 Å². The molecule has 0 aromatic heterocycles. The molecule has 0 aliphatic carbocycles. The Balaban J connectivity index is 4.18. The van der Waals surface area contributed by atoms with Crippen molar-refractivity contribution in [3.8, 4) is 0 Å². The minimum absolute atomic E-state index is 0.0588. The van der Waals surface area contributed by atoms with Gasteiger partial charge in [0.05, 0.1) is 25.4 Å². The number of hydrogen-bond donors (Lipinski definition) is 4. The third-order valence-electron chi connectivity index (χ3n) is 1.80. The zero-order chi connectivity index (χ0) is 9.61. The molecule has 0 spiro atoms. The molecule has 0 aromatic rings. The molecule has 0 aliphatic heterocycles. The fourth-order valence-corrected chi connectivity index (χ4v) is 0.829. The van der Waals surface area contributed by atoms with Gasteiger partial charge in [-0.25, -0.2) is 0 Å². The van der Waals surface area contributed by atoms with E-state index >= 15 is 0 Å². The Hall–Kier alpha value is -0.420. The van der Waals surface area contributed by atoms with Gasteiger partial charge in [0.2, 0.25) is 0 Å². The van der Waals surface area contributed by atoms with Crippen LogP contribution in [0.1, 0.15) is 6.92 Å². The summed E-state index contributed by atoms with van der Waals surface area (Å²) in [5.41, 5.74) is -1.01. The molecule has 4 heteroatoms. The predicted molar refractivity (Wildman–Crippen MR) is 46.8 cm³/mol. The summed E-state index contributed by atoms with van der Waals surface area (Å²) in [5, 5.41) is 29.6. The molecular formula is C8H17NO3. The Kier molecular flexibility index (Phi) is 5.08. The maximum absolute atomic E-state index is 8.90. The fraction of sp³-hybridized carbons (Fsp3) is 0.750. The normalized spacial score (nSPS) is 14.3. The van der Waals surface area contributed by atoms with Crippen molar-refractivity contribution in [1.29, 1.82) is 0 Å². The number of rotatable bonds is 6. The molecule has 0 heterocycles. The third-order valence-corrected chi connectivity index (χ3v) is 1.80. The lowest BCUT2D eigenvalue weighted by atomic mass is 10.0. The fourth-order valence-electron chi connectivity index (χ4n) is 0.829. The molecule has 0 rings (SSSR count). The molecule has 0 aromatic carbocycles. The lowest BCUT2D eigenvalue weighted by Crippen LogP contribution is -2.57. The van der Waals surface area contributed by atoms with Crippen LogP contribution in [0.25, 0.3) is 0 Å². The predicted octanol–water partition coefficient (Wildman–Crippen LogP) is -1.13. The van der Waals surface area contributed by atoms with E-state index in [9.17, 15) is 0 Å². The first kappa shape index (κ1) is 11.6. The van der Waals surface area contributed by atoms with Gasteiger partial charge in [0.15, 0.2) is 0 Å². The molecule has 0 fully saturated rings. The van der Waals surface area contributed by atoms with Crippen molar-refractivity contribution in [2.45, 2.75) is 18.5 Å². The Bertz CT molecular complexity index is 126. The Morgan fingerprint density at radius 1 is 1.33 bits per heavy atom. The van der Waals surface area contributed by atoms with E-state index in [1.165, 1.54) is 0 Å². The highest BCUT2D eigenvalue weighted by Crippen LogP contribution is 2.03. The van der Waals surface area contributed by atoms with Crippen LogP contribution in [0, 0.1) is 0 Å². The molecule has 1 unspecified atom stereocenters. The first-order chi connectivity index (χ1) is 5.64. The van der Waals surface area contributed by atoms with Crippen molar-refractivity contribution < 1.29 is 15.3 Å². The first-order valence-corrected chi connectivity index (χ1v) is 3.87. The molecule has 4 N–H and O–H groups in total. The highest BCUT2D eigenvalue weighted by atomic mass is 16.3. The number of aliphatic hydroxyl groups is 3. The van der Waals surface area contributed by atoms with Gasteiger partial charge in [0.25, 0.3) is 0 Å². The highest BCUT2D eigenvalue weighted by molar-refractivity contribution is 4.93. The summed E-state index contributed by atoms with van der Waals surface area (Å²) in [6, 6.07) is -0.0588. The molecular weight excluding hydrogens is 158 g/mol. The van der Waals surface area contributed by atoms with Gasteiger partial charge in [-0.1, -0.05) is 6.08 Å². The molecule has 0 aliphatic rings. The van der Waals surface area contributed by atoms with Gasteiger partial charge in [-0.05, 0) is 6.92 Å². The summed E-state index contributed by atoms with van der Waals surface area (Å²) in [6.45, 7) is 4.44. The van der Waals surface area contributed by atoms with Gasteiger partial charge in [-0.2, -0.15) is 0 Å². The molecule has 72 valence electrons. The largest absolute Gasteiger partial charge is 0.394 e. The smallest absolute Gasteiger partial charge is 0.0886 e. The first-order valence-electron chi connectivity index (χ1n) is 3.87. The minimum Gasteiger partial charge on any atom is -0.394 e. The summed E-state index contributed by atoms with van der Waals surface area (Å²) in [4.78, 5) is 0. The SMILES string of the molecule is C=CC(C)NC(CO)(CO)CO. The van der Waals surface area contributed by atoms with Gasteiger partial charge in [-0.3, -0.25) is 5.32 Å². The lowest BCUT2D eigenvalue weighted by molar-refractivity contribution is 0.0391. The van der Waals surface area contributed by atoms with Crippen LogP contribution in [-0.4, -0.2) is 46.7 Å². The van der Waals surface area contributed by atoms with Crippen molar-refractivity contribution in [1.82, 2.24) is 5.32 Å². The lowest BCUT2D eigenvalue weighted by Gasteiger charge is -2.31. The second-order valence-electron chi connectivity index (χ2n) is 2.92. The van der Waals surface area contributed by atoms with Crippen LogP contribution >= 0.6 is 0 Å². The van der Waals surface area contributed by atoms with E-state index in [0.29, 0.717) is 0 Å². The molecule has 4 nitrogen and oxygen atoms in total. The van der Waals surface area contributed by atoms with Gasteiger partial charge in [-0.15, -0.1) is 6.58 Å². The van der Waals surface area contributed by atoms with Crippen molar-refractivity contribution in [2.24, 2.45) is 0 Å². The second-order valence-corrected chi connectivity index (χ2v) is 2.92. The van der Waals surface area contributed by atoms with Crippen LogP contribution < -0.4 is 5.32 Å². The van der Waals surface area contributed by atoms with Crippen LogP contribution in [0.5, 0.6) is 0 Å². The van der Waals surface area contributed by atoms with Crippen LogP contribution in [0.4, 0.5) is 0 Å². The van der Waals surface area contributed by atoms with Crippen molar-refractivity contribution in [3.63, 3.8) is 0 Å². The van der Waals surface area contributed by atoms with Crippen LogP contribution in [0.15, 0.2) is 12.7 Å². The quantitative estimate of drug-likeness (QED) is 0.385. The van der Waals surface area contributed by atoms with E-state index in [1.807, 2.05) is 6.92 Å². The Labute approximate surface area is 72.5 Å². The summed E-state index contributed by atoms with van der Waals surface area (Å²) >= 11 is 0. The van der Waals surface area contributed by atoms with Gasteiger partial charge in [0, 0.05) is 6.04 Å². The molecule has 0 saturated carbocycles. The zero-order valence-electron chi connectivity index (χ0n) is 7.32. The van der Waals surface area contributed by atoms with E-state index < -0.39 is 5.54 Å². The number of aliphatic hydroxyl groups excluding tert-OH is 3. The molecule has 12 heavy (non-hydrogen) atoms. The molecule has 0 radical (unpaired) electrons. The van der Waals surface area contributed by atoms with Gasteiger partial charge >= 0.3 is 0 Å². The molecule has 1 atom stereocenters. The summed E-state index contributed by atoms with van der Waals surface area (Å²) in [5.74, 6) is 0. The standard InChI is InChI=1S/C8H17NO3/c1-3-7(2)9-8(4-10,5-11)6-12/h3,7,9-12H,1,4-6H2,2H3.